The number of hydrogen-bond acceptors (Lipinski definition) is 3. The summed E-state index contributed by atoms with van der Waals surface area (Å²) in [6, 6.07) is -0.411. The number of nitrogens with one attached hydrogen (secondary N) is 2. The number of nitrogens with zero attached hydrogens (tertiary/aromatic N) is 1. The first-order chi connectivity index (χ1) is 8.87. The highest BCUT2D eigenvalue weighted by molar-refractivity contribution is 5.85. The molecule has 6 heteroatoms. The van der Waals surface area contributed by atoms with Crippen molar-refractivity contribution < 1.29 is 14.7 Å². The summed E-state index contributed by atoms with van der Waals surface area (Å²) in [6.07, 6.45) is 2.77. The standard InChI is InChI=1S/C13H25N3O3/c1-4-13(3,11(17)18)15-12(19)14-10(2)9-16-7-5-6-8-16/h10H,4-9H2,1-3H3,(H,17,18)(H2,14,15,19). The summed E-state index contributed by atoms with van der Waals surface area (Å²) in [4.78, 5) is 25.2. The maximum Gasteiger partial charge on any atom is 0.329 e. The molecule has 6 nitrogen and oxygen atoms in total. The molecule has 1 aliphatic heterocycles. The molecule has 110 valence electrons. The molecule has 0 radical (unpaired) electrons. The third kappa shape index (κ3) is 4.70. The summed E-state index contributed by atoms with van der Waals surface area (Å²) in [5.74, 6) is -1.02. The van der Waals surface area contributed by atoms with Gasteiger partial charge in [-0.2, -0.15) is 0 Å². The topological polar surface area (TPSA) is 81.7 Å². The van der Waals surface area contributed by atoms with Crippen LogP contribution in [0, 0.1) is 0 Å². The molecule has 0 aromatic heterocycles. The van der Waals surface area contributed by atoms with Crippen molar-refractivity contribution in [3.63, 3.8) is 0 Å². The van der Waals surface area contributed by atoms with Crippen LogP contribution in [0.4, 0.5) is 4.79 Å². The minimum atomic E-state index is -1.21. The van der Waals surface area contributed by atoms with Gasteiger partial charge in [0.05, 0.1) is 0 Å². The Kier molecular flexibility index (Phi) is 5.60. The summed E-state index contributed by atoms with van der Waals surface area (Å²) in [5.41, 5.74) is -1.21. The minimum absolute atomic E-state index is 0.00741. The van der Waals surface area contributed by atoms with E-state index in [1.165, 1.54) is 19.8 Å². The van der Waals surface area contributed by atoms with Gasteiger partial charge in [-0.05, 0) is 46.2 Å². The Bertz CT molecular complexity index is 329. The summed E-state index contributed by atoms with van der Waals surface area (Å²) in [7, 11) is 0. The maximum atomic E-state index is 11.8. The van der Waals surface area contributed by atoms with E-state index in [1.807, 2.05) is 6.92 Å². The highest BCUT2D eigenvalue weighted by atomic mass is 16.4. The molecule has 0 bridgehead atoms. The van der Waals surface area contributed by atoms with Crippen LogP contribution in [0.15, 0.2) is 0 Å². The Morgan fingerprint density at radius 3 is 2.42 bits per heavy atom. The molecule has 2 unspecified atom stereocenters. The van der Waals surface area contributed by atoms with Crippen LogP contribution in [-0.4, -0.2) is 53.2 Å². The predicted molar refractivity (Wildman–Crippen MR) is 73.1 cm³/mol. The molecular weight excluding hydrogens is 246 g/mol. The van der Waals surface area contributed by atoms with Crippen LogP contribution in [0.25, 0.3) is 0 Å². The van der Waals surface area contributed by atoms with E-state index in [0.29, 0.717) is 6.42 Å². The van der Waals surface area contributed by atoms with E-state index in [4.69, 9.17) is 5.11 Å². The van der Waals surface area contributed by atoms with E-state index in [2.05, 4.69) is 15.5 Å². The largest absolute Gasteiger partial charge is 0.480 e. The van der Waals surface area contributed by atoms with E-state index in [-0.39, 0.29) is 6.04 Å². The van der Waals surface area contributed by atoms with Gasteiger partial charge in [-0.25, -0.2) is 9.59 Å². The van der Waals surface area contributed by atoms with E-state index in [0.717, 1.165) is 19.6 Å². The quantitative estimate of drug-likeness (QED) is 0.674. The molecule has 0 saturated carbocycles. The lowest BCUT2D eigenvalue weighted by molar-refractivity contribution is -0.143. The van der Waals surface area contributed by atoms with Gasteiger partial charge in [-0.1, -0.05) is 6.92 Å². The molecule has 0 aromatic carbocycles. The Morgan fingerprint density at radius 1 is 1.37 bits per heavy atom. The number of rotatable bonds is 6. The summed E-state index contributed by atoms with van der Waals surface area (Å²) >= 11 is 0. The first-order valence-electron chi connectivity index (χ1n) is 6.92. The van der Waals surface area contributed by atoms with Crippen molar-refractivity contribution in [1.29, 1.82) is 0 Å². The molecule has 3 N–H and O–H groups in total. The molecule has 0 spiro atoms. The Balaban J connectivity index is 2.39. The zero-order valence-corrected chi connectivity index (χ0v) is 12.0. The van der Waals surface area contributed by atoms with Crippen molar-refractivity contribution in [2.45, 2.75) is 51.6 Å². The van der Waals surface area contributed by atoms with Crippen molar-refractivity contribution in [1.82, 2.24) is 15.5 Å². The van der Waals surface area contributed by atoms with Gasteiger partial charge >= 0.3 is 12.0 Å². The molecule has 1 rings (SSSR count). The highest BCUT2D eigenvalue weighted by Gasteiger charge is 2.33. The number of amides is 2. The average molecular weight is 271 g/mol. The lowest BCUT2D eigenvalue weighted by Gasteiger charge is -2.27. The summed E-state index contributed by atoms with van der Waals surface area (Å²) in [5, 5.41) is 14.4. The zero-order chi connectivity index (χ0) is 14.5. The normalized spacial score (nSPS) is 20.6. The zero-order valence-electron chi connectivity index (χ0n) is 12.0. The van der Waals surface area contributed by atoms with Crippen LogP contribution >= 0.6 is 0 Å². The second kappa shape index (κ2) is 6.75. The number of carboxylic acid groups (broad SMARTS) is 1. The number of hydrogen-bond donors (Lipinski definition) is 3. The van der Waals surface area contributed by atoms with Crippen LogP contribution in [0.3, 0.4) is 0 Å². The summed E-state index contributed by atoms with van der Waals surface area (Å²) < 4.78 is 0. The van der Waals surface area contributed by atoms with Crippen LogP contribution in [-0.2, 0) is 4.79 Å². The molecule has 1 aliphatic rings. The van der Waals surface area contributed by atoms with Crippen LogP contribution < -0.4 is 10.6 Å². The van der Waals surface area contributed by atoms with Crippen molar-refractivity contribution in [2.24, 2.45) is 0 Å². The lowest BCUT2D eigenvalue weighted by atomic mass is 10.00. The molecule has 1 fully saturated rings. The number of likely N-dealkylation sites (tertiary alicyclic amines) is 1. The van der Waals surface area contributed by atoms with Gasteiger partial charge in [0.2, 0.25) is 0 Å². The lowest BCUT2D eigenvalue weighted by Crippen LogP contribution is -2.56. The predicted octanol–water partition coefficient (Wildman–Crippen LogP) is 1.02. The van der Waals surface area contributed by atoms with Crippen LogP contribution in [0.2, 0.25) is 0 Å². The van der Waals surface area contributed by atoms with Gasteiger partial charge in [0, 0.05) is 12.6 Å². The van der Waals surface area contributed by atoms with Gasteiger partial charge in [0.25, 0.3) is 0 Å². The van der Waals surface area contributed by atoms with Gasteiger partial charge in [-0.15, -0.1) is 0 Å². The van der Waals surface area contributed by atoms with Gasteiger partial charge in [-0.3, -0.25) is 0 Å². The third-order valence-electron chi connectivity index (χ3n) is 3.68. The fourth-order valence-corrected chi connectivity index (χ4v) is 2.20. The number of carboxylic acids is 1. The van der Waals surface area contributed by atoms with Crippen molar-refractivity contribution >= 4 is 12.0 Å². The van der Waals surface area contributed by atoms with Gasteiger partial charge in [0.1, 0.15) is 5.54 Å². The average Bonchev–Trinajstić information content (AvgIpc) is 2.80. The highest BCUT2D eigenvalue weighted by Crippen LogP contribution is 2.10. The molecule has 0 aliphatic carbocycles. The van der Waals surface area contributed by atoms with Crippen LogP contribution in [0.1, 0.15) is 40.0 Å². The Labute approximate surface area is 114 Å². The molecular formula is C13H25N3O3. The molecule has 2 atom stereocenters. The van der Waals surface area contributed by atoms with E-state index >= 15 is 0 Å². The second-order valence-electron chi connectivity index (χ2n) is 5.50. The van der Waals surface area contributed by atoms with E-state index in [1.54, 1.807) is 6.92 Å². The first-order valence-corrected chi connectivity index (χ1v) is 6.92. The number of carbonyl (C=O) groups excluding carboxylic acids is 1. The Morgan fingerprint density at radius 2 is 1.95 bits per heavy atom. The SMILES string of the molecule is CCC(C)(NC(=O)NC(C)CN1CCCC1)C(=O)O. The second-order valence-corrected chi connectivity index (χ2v) is 5.50. The van der Waals surface area contributed by atoms with Crippen LogP contribution in [0.5, 0.6) is 0 Å². The monoisotopic (exact) mass is 271 g/mol. The number of aliphatic carboxylic acids is 1. The number of carbonyl (C=O) groups is 2. The van der Waals surface area contributed by atoms with Crippen molar-refractivity contribution in [3.05, 3.63) is 0 Å². The molecule has 2 amide bonds. The molecule has 1 heterocycles. The fraction of sp³-hybridized carbons (Fsp3) is 0.846. The Hall–Kier alpha value is -1.30. The molecule has 1 saturated heterocycles. The minimum Gasteiger partial charge on any atom is -0.480 e. The van der Waals surface area contributed by atoms with Gasteiger partial charge < -0.3 is 20.6 Å². The van der Waals surface area contributed by atoms with Crippen molar-refractivity contribution in [2.75, 3.05) is 19.6 Å². The van der Waals surface area contributed by atoms with Gasteiger partial charge in [0.15, 0.2) is 0 Å². The first kappa shape index (κ1) is 15.8. The molecule has 19 heavy (non-hydrogen) atoms. The summed E-state index contributed by atoms with van der Waals surface area (Å²) in [6.45, 7) is 8.15. The van der Waals surface area contributed by atoms with Crippen molar-refractivity contribution in [3.8, 4) is 0 Å². The molecule has 0 aromatic rings. The van der Waals surface area contributed by atoms with E-state index < -0.39 is 17.5 Å². The smallest absolute Gasteiger partial charge is 0.329 e. The van der Waals surface area contributed by atoms with E-state index in [9.17, 15) is 9.59 Å². The fourth-order valence-electron chi connectivity index (χ4n) is 2.20. The maximum absolute atomic E-state index is 11.8. The third-order valence-corrected chi connectivity index (χ3v) is 3.68. The number of urea groups is 1.